The topological polar surface area (TPSA) is 31.2 Å². The molecular weight excluding hydrogens is 250 g/mol. The Morgan fingerprint density at radius 2 is 1.60 bits per heavy atom. The van der Waals surface area contributed by atoms with Crippen LogP contribution in [0, 0.1) is 0 Å². The van der Waals surface area contributed by atoms with Gasteiger partial charge in [-0.15, -0.1) is 0 Å². The van der Waals surface area contributed by atoms with Gasteiger partial charge in [-0.2, -0.15) is 0 Å². The predicted molar refractivity (Wildman–Crippen MR) is 80.1 cm³/mol. The molecule has 3 aromatic rings. The van der Waals surface area contributed by atoms with Crippen LogP contribution in [0.1, 0.15) is 0 Å². The second-order valence-corrected chi connectivity index (χ2v) is 4.54. The van der Waals surface area contributed by atoms with Gasteiger partial charge in [0.1, 0.15) is 12.4 Å². The summed E-state index contributed by atoms with van der Waals surface area (Å²) < 4.78 is 7.40. The first-order chi connectivity index (χ1) is 9.84. The molecule has 0 fully saturated rings. The SMILES string of the molecule is O=c1ccc2ccccc2n1CCOc1ccccc1. The normalized spacial score (nSPS) is 10.6. The fraction of sp³-hybridized carbons (Fsp3) is 0.118. The highest BCUT2D eigenvalue weighted by molar-refractivity contribution is 5.78. The molecule has 0 amide bonds. The summed E-state index contributed by atoms with van der Waals surface area (Å²) in [4.78, 5) is 12.0. The molecule has 0 bridgehead atoms. The van der Waals surface area contributed by atoms with Gasteiger partial charge in [-0.05, 0) is 29.7 Å². The summed E-state index contributed by atoms with van der Waals surface area (Å²) in [5.74, 6) is 0.820. The van der Waals surface area contributed by atoms with Crippen LogP contribution in [0.25, 0.3) is 10.9 Å². The van der Waals surface area contributed by atoms with Gasteiger partial charge in [0, 0.05) is 6.07 Å². The van der Waals surface area contributed by atoms with Gasteiger partial charge in [0.2, 0.25) is 0 Å². The monoisotopic (exact) mass is 265 g/mol. The van der Waals surface area contributed by atoms with E-state index in [1.54, 1.807) is 10.6 Å². The second kappa shape index (κ2) is 5.61. The predicted octanol–water partition coefficient (Wildman–Crippen LogP) is 3.08. The molecule has 20 heavy (non-hydrogen) atoms. The summed E-state index contributed by atoms with van der Waals surface area (Å²) in [6.45, 7) is 1.01. The van der Waals surface area contributed by atoms with Crippen LogP contribution in [0.5, 0.6) is 5.75 Å². The first-order valence-corrected chi connectivity index (χ1v) is 6.61. The lowest BCUT2D eigenvalue weighted by atomic mass is 10.2. The zero-order chi connectivity index (χ0) is 13.8. The molecule has 0 saturated carbocycles. The third kappa shape index (κ3) is 2.57. The number of hydrogen-bond donors (Lipinski definition) is 0. The van der Waals surface area contributed by atoms with Crippen molar-refractivity contribution in [3.8, 4) is 5.75 Å². The van der Waals surface area contributed by atoms with E-state index in [2.05, 4.69) is 0 Å². The van der Waals surface area contributed by atoms with Gasteiger partial charge in [-0.25, -0.2) is 0 Å². The summed E-state index contributed by atoms with van der Waals surface area (Å²) in [5, 5.41) is 1.06. The molecule has 0 N–H and O–H groups in total. The molecule has 0 aliphatic rings. The maximum absolute atomic E-state index is 12.0. The summed E-state index contributed by atoms with van der Waals surface area (Å²) in [7, 11) is 0. The average Bonchev–Trinajstić information content (AvgIpc) is 2.50. The molecule has 100 valence electrons. The standard InChI is InChI=1S/C17H15NO2/c19-17-11-10-14-6-4-5-9-16(14)18(17)12-13-20-15-7-2-1-3-8-15/h1-11H,12-13H2. The first kappa shape index (κ1) is 12.5. The molecule has 2 aromatic carbocycles. The van der Waals surface area contributed by atoms with E-state index in [-0.39, 0.29) is 5.56 Å². The lowest BCUT2D eigenvalue weighted by molar-refractivity contribution is 0.298. The Balaban J connectivity index is 1.81. The van der Waals surface area contributed by atoms with E-state index in [9.17, 15) is 4.79 Å². The lowest BCUT2D eigenvalue weighted by Crippen LogP contribution is -2.22. The van der Waals surface area contributed by atoms with Gasteiger partial charge in [0.25, 0.3) is 5.56 Å². The highest BCUT2D eigenvalue weighted by atomic mass is 16.5. The van der Waals surface area contributed by atoms with Crippen molar-refractivity contribution in [3.63, 3.8) is 0 Å². The molecule has 0 saturated heterocycles. The van der Waals surface area contributed by atoms with Crippen molar-refractivity contribution in [2.24, 2.45) is 0 Å². The van der Waals surface area contributed by atoms with Crippen molar-refractivity contribution in [3.05, 3.63) is 77.1 Å². The van der Waals surface area contributed by atoms with Gasteiger partial charge in [0.15, 0.2) is 0 Å². The number of para-hydroxylation sites is 2. The minimum absolute atomic E-state index is 0.000335. The quantitative estimate of drug-likeness (QED) is 0.726. The van der Waals surface area contributed by atoms with Crippen molar-refractivity contribution >= 4 is 10.9 Å². The van der Waals surface area contributed by atoms with E-state index < -0.39 is 0 Å². The lowest BCUT2D eigenvalue weighted by Gasteiger charge is -2.11. The summed E-state index contributed by atoms with van der Waals surface area (Å²) >= 11 is 0. The molecule has 0 aliphatic heterocycles. The van der Waals surface area contributed by atoms with Crippen LogP contribution in [0.4, 0.5) is 0 Å². The number of rotatable bonds is 4. The molecule has 1 heterocycles. The van der Waals surface area contributed by atoms with E-state index in [1.807, 2.05) is 60.7 Å². The molecule has 1 aromatic heterocycles. The molecule has 3 rings (SSSR count). The van der Waals surface area contributed by atoms with Crippen molar-refractivity contribution in [1.29, 1.82) is 0 Å². The fourth-order valence-corrected chi connectivity index (χ4v) is 2.25. The fourth-order valence-electron chi connectivity index (χ4n) is 2.25. The minimum Gasteiger partial charge on any atom is -0.492 e. The molecule has 3 nitrogen and oxygen atoms in total. The molecule has 0 atom stereocenters. The average molecular weight is 265 g/mol. The van der Waals surface area contributed by atoms with Gasteiger partial charge in [0.05, 0.1) is 12.1 Å². The van der Waals surface area contributed by atoms with E-state index >= 15 is 0 Å². The number of hydrogen-bond acceptors (Lipinski definition) is 2. The Hall–Kier alpha value is -2.55. The van der Waals surface area contributed by atoms with E-state index in [0.717, 1.165) is 16.7 Å². The summed E-state index contributed by atoms with van der Waals surface area (Å²) in [6, 6.07) is 21.0. The van der Waals surface area contributed by atoms with Crippen LogP contribution in [0.2, 0.25) is 0 Å². The van der Waals surface area contributed by atoms with E-state index in [0.29, 0.717) is 13.2 Å². The third-order valence-corrected chi connectivity index (χ3v) is 3.23. The van der Waals surface area contributed by atoms with Crippen molar-refractivity contribution < 1.29 is 4.74 Å². The summed E-state index contributed by atoms with van der Waals surface area (Å²) in [5.41, 5.74) is 0.942. The van der Waals surface area contributed by atoms with Crippen LogP contribution in [-0.2, 0) is 6.54 Å². The Morgan fingerprint density at radius 1 is 0.850 bits per heavy atom. The highest BCUT2D eigenvalue weighted by Gasteiger charge is 2.02. The number of aromatic nitrogens is 1. The molecule has 0 spiro atoms. The van der Waals surface area contributed by atoms with Gasteiger partial charge in [-0.1, -0.05) is 36.4 Å². The van der Waals surface area contributed by atoms with Gasteiger partial charge in [-0.3, -0.25) is 4.79 Å². The second-order valence-electron chi connectivity index (χ2n) is 4.54. The van der Waals surface area contributed by atoms with Crippen molar-refractivity contribution in [2.75, 3.05) is 6.61 Å². The Morgan fingerprint density at radius 3 is 2.45 bits per heavy atom. The van der Waals surface area contributed by atoms with Crippen LogP contribution in [0.3, 0.4) is 0 Å². The Bertz CT molecular complexity index is 763. The zero-order valence-corrected chi connectivity index (χ0v) is 11.0. The largest absolute Gasteiger partial charge is 0.492 e. The highest BCUT2D eigenvalue weighted by Crippen LogP contribution is 2.12. The van der Waals surface area contributed by atoms with Crippen LogP contribution in [0.15, 0.2) is 71.5 Å². The van der Waals surface area contributed by atoms with Crippen LogP contribution in [-0.4, -0.2) is 11.2 Å². The third-order valence-electron chi connectivity index (χ3n) is 3.23. The molecular formula is C17H15NO2. The number of ether oxygens (including phenoxy) is 1. The Labute approximate surface area is 117 Å². The molecule has 3 heteroatoms. The molecule has 0 radical (unpaired) electrons. The number of nitrogens with zero attached hydrogens (tertiary/aromatic N) is 1. The number of benzene rings is 2. The van der Waals surface area contributed by atoms with Gasteiger partial charge >= 0.3 is 0 Å². The number of pyridine rings is 1. The van der Waals surface area contributed by atoms with Crippen molar-refractivity contribution in [2.45, 2.75) is 6.54 Å². The van der Waals surface area contributed by atoms with Crippen LogP contribution >= 0.6 is 0 Å². The molecule has 0 aliphatic carbocycles. The van der Waals surface area contributed by atoms with Crippen molar-refractivity contribution in [1.82, 2.24) is 4.57 Å². The smallest absolute Gasteiger partial charge is 0.251 e. The number of fused-ring (bicyclic) bond motifs is 1. The zero-order valence-electron chi connectivity index (χ0n) is 11.0. The Kier molecular flexibility index (Phi) is 3.50. The minimum atomic E-state index is 0.000335. The first-order valence-electron chi connectivity index (χ1n) is 6.61. The van der Waals surface area contributed by atoms with E-state index in [4.69, 9.17) is 4.74 Å². The van der Waals surface area contributed by atoms with Gasteiger partial charge < -0.3 is 9.30 Å². The summed E-state index contributed by atoms with van der Waals surface area (Å²) in [6.07, 6.45) is 0. The van der Waals surface area contributed by atoms with E-state index in [1.165, 1.54) is 0 Å². The maximum Gasteiger partial charge on any atom is 0.251 e. The molecule has 0 unspecified atom stereocenters. The van der Waals surface area contributed by atoms with Crippen LogP contribution < -0.4 is 10.3 Å². The maximum atomic E-state index is 12.0.